The molecule has 2 atom stereocenters. The number of unbranched alkanes of at least 4 members (excludes halogenated alkanes) is 2. The smallest absolute Gasteiger partial charge is 0.317 e. The molecular formula is C14H26N2O4. The summed E-state index contributed by atoms with van der Waals surface area (Å²) in [6.07, 6.45) is 5.66. The van der Waals surface area contributed by atoms with E-state index < -0.39 is 12.1 Å². The van der Waals surface area contributed by atoms with Crippen molar-refractivity contribution in [3.05, 3.63) is 0 Å². The molecule has 6 nitrogen and oxygen atoms in total. The number of aliphatic hydroxyl groups is 1. The van der Waals surface area contributed by atoms with Crippen molar-refractivity contribution >= 4 is 12.0 Å². The van der Waals surface area contributed by atoms with Crippen LogP contribution in [0, 0.1) is 0 Å². The number of likely N-dealkylation sites (N-methyl/N-ethyl adjacent to an activating group) is 1. The Hall–Kier alpha value is -1.30. The van der Waals surface area contributed by atoms with Gasteiger partial charge in [-0.3, -0.25) is 4.79 Å². The van der Waals surface area contributed by atoms with Gasteiger partial charge in [0.25, 0.3) is 0 Å². The van der Waals surface area contributed by atoms with Gasteiger partial charge in [-0.25, -0.2) is 4.79 Å². The summed E-state index contributed by atoms with van der Waals surface area (Å²) in [5.41, 5.74) is 0. The topological polar surface area (TPSA) is 89.9 Å². The molecule has 1 fully saturated rings. The summed E-state index contributed by atoms with van der Waals surface area (Å²) in [6, 6.07) is -0.245. The van der Waals surface area contributed by atoms with E-state index in [1.165, 1.54) is 0 Å². The number of aliphatic hydroxyl groups excluding tert-OH is 1. The molecule has 6 heteroatoms. The van der Waals surface area contributed by atoms with Crippen LogP contribution in [0.1, 0.15) is 51.4 Å². The zero-order chi connectivity index (χ0) is 15.0. The molecule has 2 amide bonds. The maximum absolute atomic E-state index is 11.9. The number of carbonyl (C=O) groups is 2. The summed E-state index contributed by atoms with van der Waals surface area (Å²) in [4.78, 5) is 23.9. The van der Waals surface area contributed by atoms with Crippen LogP contribution in [0.5, 0.6) is 0 Å². The molecule has 20 heavy (non-hydrogen) atoms. The van der Waals surface area contributed by atoms with Crippen molar-refractivity contribution in [2.45, 2.75) is 63.5 Å². The second-order valence-electron chi connectivity index (χ2n) is 5.47. The molecule has 0 aromatic heterocycles. The maximum Gasteiger partial charge on any atom is 0.317 e. The van der Waals surface area contributed by atoms with Crippen LogP contribution in [0.3, 0.4) is 0 Å². The minimum Gasteiger partial charge on any atom is -0.481 e. The lowest BCUT2D eigenvalue weighted by atomic mass is 9.92. The molecule has 0 aliphatic heterocycles. The molecule has 0 aromatic rings. The van der Waals surface area contributed by atoms with Gasteiger partial charge in [-0.05, 0) is 25.7 Å². The van der Waals surface area contributed by atoms with Crippen LogP contribution in [0.4, 0.5) is 4.79 Å². The number of carbonyl (C=O) groups excluding carboxylic acids is 1. The molecule has 1 aliphatic rings. The van der Waals surface area contributed by atoms with Gasteiger partial charge < -0.3 is 20.4 Å². The average Bonchev–Trinajstić information content (AvgIpc) is 2.42. The highest BCUT2D eigenvalue weighted by Gasteiger charge is 2.29. The summed E-state index contributed by atoms with van der Waals surface area (Å²) in [7, 11) is 1.72. The van der Waals surface area contributed by atoms with Gasteiger partial charge in [0.1, 0.15) is 0 Å². The van der Waals surface area contributed by atoms with E-state index >= 15 is 0 Å². The van der Waals surface area contributed by atoms with Gasteiger partial charge in [0.2, 0.25) is 0 Å². The Balaban J connectivity index is 2.16. The van der Waals surface area contributed by atoms with E-state index in [0.717, 1.165) is 38.5 Å². The van der Waals surface area contributed by atoms with Gasteiger partial charge in [-0.15, -0.1) is 0 Å². The molecule has 0 bridgehead atoms. The summed E-state index contributed by atoms with van der Waals surface area (Å²) in [5, 5.41) is 21.2. The van der Waals surface area contributed by atoms with E-state index in [9.17, 15) is 14.7 Å². The van der Waals surface area contributed by atoms with Gasteiger partial charge in [-0.2, -0.15) is 0 Å². The first-order valence-electron chi connectivity index (χ1n) is 7.43. The zero-order valence-corrected chi connectivity index (χ0v) is 12.2. The average molecular weight is 286 g/mol. The molecule has 0 saturated heterocycles. The van der Waals surface area contributed by atoms with Crippen LogP contribution >= 0.6 is 0 Å². The highest BCUT2D eigenvalue weighted by atomic mass is 16.4. The molecular weight excluding hydrogens is 260 g/mol. The van der Waals surface area contributed by atoms with Crippen LogP contribution in [0.15, 0.2) is 0 Å². The number of nitrogens with one attached hydrogen (secondary N) is 1. The summed E-state index contributed by atoms with van der Waals surface area (Å²) in [6.45, 7) is 0.547. The second-order valence-corrected chi connectivity index (χ2v) is 5.47. The van der Waals surface area contributed by atoms with Gasteiger partial charge in [0.15, 0.2) is 0 Å². The van der Waals surface area contributed by atoms with Crippen molar-refractivity contribution in [2.75, 3.05) is 13.6 Å². The van der Waals surface area contributed by atoms with Crippen LogP contribution in [0.25, 0.3) is 0 Å². The number of urea groups is 1. The molecule has 1 aliphatic carbocycles. The SMILES string of the molecule is CN(C(=O)NCCCCCC(=O)O)C1CCCCC1O. The normalized spacial score (nSPS) is 22.3. The van der Waals surface area contributed by atoms with Crippen molar-refractivity contribution in [3.63, 3.8) is 0 Å². The first kappa shape index (κ1) is 16.8. The van der Waals surface area contributed by atoms with Crippen LogP contribution in [0.2, 0.25) is 0 Å². The summed E-state index contributed by atoms with van der Waals surface area (Å²) < 4.78 is 0. The number of nitrogens with zero attached hydrogens (tertiary/aromatic N) is 1. The van der Waals surface area contributed by atoms with E-state index in [2.05, 4.69) is 5.32 Å². The van der Waals surface area contributed by atoms with E-state index in [1.807, 2.05) is 0 Å². The number of hydrogen-bond acceptors (Lipinski definition) is 3. The fraction of sp³-hybridized carbons (Fsp3) is 0.857. The monoisotopic (exact) mass is 286 g/mol. The minimum absolute atomic E-state index is 0.0873. The molecule has 116 valence electrons. The van der Waals surface area contributed by atoms with E-state index in [-0.39, 0.29) is 18.5 Å². The summed E-state index contributed by atoms with van der Waals surface area (Å²) in [5.74, 6) is -0.778. The Kier molecular flexibility index (Phi) is 7.36. The first-order chi connectivity index (χ1) is 9.52. The van der Waals surface area contributed by atoms with Gasteiger partial charge >= 0.3 is 12.0 Å². The lowest BCUT2D eigenvalue weighted by Gasteiger charge is -2.35. The number of hydrogen-bond donors (Lipinski definition) is 3. The molecule has 0 heterocycles. The molecule has 1 rings (SSSR count). The number of carboxylic acid groups (broad SMARTS) is 1. The molecule has 3 N–H and O–H groups in total. The van der Waals surface area contributed by atoms with Crippen molar-refractivity contribution < 1.29 is 19.8 Å². The van der Waals surface area contributed by atoms with Crippen LogP contribution < -0.4 is 5.32 Å². The van der Waals surface area contributed by atoms with Gasteiger partial charge in [0.05, 0.1) is 12.1 Å². The summed E-state index contributed by atoms with van der Waals surface area (Å²) >= 11 is 0. The van der Waals surface area contributed by atoms with Crippen molar-refractivity contribution in [3.8, 4) is 0 Å². The van der Waals surface area contributed by atoms with Crippen molar-refractivity contribution in [1.29, 1.82) is 0 Å². The van der Waals surface area contributed by atoms with Crippen molar-refractivity contribution in [2.24, 2.45) is 0 Å². The Morgan fingerprint density at radius 2 is 1.90 bits per heavy atom. The quantitative estimate of drug-likeness (QED) is 0.620. The Morgan fingerprint density at radius 1 is 1.20 bits per heavy atom. The maximum atomic E-state index is 11.9. The van der Waals surface area contributed by atoms with Gasteiger partial charge in [-0.1, -0.05) is 19.3 Å². The van der Waals surface area contributed by atoms with E-state index in [4.69, 9.17) is 5.11 Å². The highest BCUT2D eigenvalue weighted by molar-refractivity contribution is 5.74. The lowest BCUT2D eigenvalue weighted by molar-refractivity contribution is -0.137. The highest BCUT2D eigenvalue weighted by Crippen LogP contribution is 2.22. The first-order valence-corrected chi connectivity index (χ1v) is 7.43. The second kappa shape index (κ2) is 8.79. The predicted octanol–water partition coefficient (Wildman–Crippen LogP) is 1.58. The molecule has 0 spiro atoms. The molecule has 1 saturated carbocycles. The third kappa shape index (κ3) is 5.77. The van der Waals surface area contributed by atoms with E-state index in [1.54, 1.807) is 11.9 Å². The lowest BCUT2D eigenvalue weighted by Crippen LogP contribution is -2.50. The third-order valence-corrected chi connectivity index (χ3v) is 3.86. The standard InChI is InChI=1S/C14H26N2O4/c1-16(11-7-4-5-8-12(11)17)14(20)15-10-6-2-3-9-13(18)19/h11-12,17H,2-10H2,1H3,(H,15,20)(H,18,19). The number of aliphatic carboxylic acids is 1. The Bertz CT molecular complexity index is 322. The molecule has 2 unspecified atom stereocenters. The number of amides is 2. The van der Waals surface area contributed by atoms with Crippen LogP contribution in [-0.2, 0) is 4.79 Å². The zero-order valence-electron chi connectivity index (χ0n) is 12.2. The molecule has 0 aromatic carbocycles. The van der Waals surface area contributed by atoms with E-state index in [0.29, 0.717) is 13.0 Å². The molecule has 0 radical (unpaired) electrons. The number of carboxylic acids is 1. The Morgan fingerprint density at radius 3 is 2.55 bits per heavy atom. The van der Waals surface area contributed by atoms with Crippen LogP contribution in [-0.4, -0.2) is 52.9 Å². The predicted molar refractivity (Wildman–Crippen MR) is 75.5 cm³/mol. The largest absolute Gasteiger partial charge is 0.481 e. The fourth-order valence-electron chi connectivity index (χ4n) is 2.59. The van der Waals surface area contributed by atoms with Gasteiger partial charge in [0, 0.05) is 20.0 Å². The third-order valence-electron chi connectivity index (χ3n) is 3.86. The minimum atomic E-state index is -0.778. The van der Waals surface area contributed by atoms with Crippen molar-refractivity contribution in [1.82, 2.24) is 10.2 Å². The number of rotatable bonds is 7. The fourth-order valence-corrected chi connectivity index (χ4v) is 2.59. The Labute approximate surface area is 120 Å².